The van der Waals surface area contributed by atoms with Crippen molar-refractivity contribution in [1.29, 1.82) is 0 Å². The molecule has 2 aliphatic carbocycles. The lowest BCUT2D eigenvalue weighted by molar-refractivity contribution is -0.271. The number of carboxylic acids is 1. The van der Waals surface area contributed by atoms with E-state index in [0.717, 1.165) is 6.08 Å². The van der Waals surface area contributed by atoms with E-state index in [1.54, 1.807) is 36.4 Å². The van der Waals surface area contributed by atoms with E-state index >= 15 is 0 Å². The summed E-state index contributed by atoms with van der Waals surface area (Å²) in [6.07, 6.45) is 5.40. The van der Waals surface area contributed by atoms with Gasteiger partial charge in [0, 0.05) is 18.3 Å². The molecule has 0 fully saturated rings. The molecule has 0 amide bonds. The van der Waals surface area contributed by atoms with Crippen molar-refractivity contribution in [2.24, 2.45) is 5.92 Å². The number of aromatic nitrogens is 1. The third kappa shape index (κ3) is 4.12. The molecular weight excluding hydrogens is 419 g/mol. The normalized spacial score (nSPS) is 23.0. The van der Waals surface area contributed by atoms with E-state index in [-0.39, 0.29) is 12.2 Å². The summed E-state index contributed by atoms with van der Waals surface area (Å²) in [7, 11) is 0. The molecule has 2 aliphatic rings. The van der Waals surface area contributed by atoms with E-state index < -0.39 is 23.7 Å². The minimum Gasteiger partial charge on any atom is -0.478 e. The number of aromatic carboxylic acids is 1. The minimum atomic E-state index is -4.66. The molecule has 166 valence electrons. The molecule has 0 radical (unpaired) electrons. The van der Waals surface area contributed by atoms with Crippen molar-refractivity contribution in [3.63, 3.8) is 0 Å². The standard InChI is InChI=1S/C25H22F3NO3/c26-25(27,28)24(32-16-17-7-2-1-3-8-17)12-5-4-11-22(24)21-10-6-9-20(21)18-13-19(23(30)31)15-29-14-18/h1-5,7-8,11-15,22H,6,9-10,16H2,(H,30,31). The summed E-state index contributed by atoms with van der Waals surface area (Å²) in [6, 6.07) is 10.2. The van der Waals surface area contributed by atoms with Crippen LogP contribution in [0.3, 0.4) is 0 Å². The van der Waals surface area contributed by atoms with Crippen molar-refractivity contribution in [2.45, 2.75) is 37.6 Å². The maximum Gasteiger partial charge on any atom is 0.422 e. The Morgan fingerprint density at radius 3 is 2.66 bits per heavy atom. The van der Waals surface area contributed by atoms with Gasteiger partial charge < -0.3 is 9.84 Å². The zero-order valence-electron chi connectivity index (χ0n) is 17.2. The molecule has 0 bridgehead atoms. The third-order valence-corrected chi connectivity index (χ3v) is 5.95. The molecule has 0 aliphatic heterocycles. The number of pyridine rings is 1. The highest BCUT2D eigenvalue weighted by atomic mass is 19.4. The Labute approximate surface area is 183 Å². The Morgan fingerprint density at radius 2 is 1.94 bits per heavy atom. The third-order valence-electron chi connectivity index (χ3n) is 5.95. The van der Waals surface area contributed by atoms with Crippen LogP contribution in [0.15, 0.2) is 78.7 Å². The topological polar surface area (TPSA) is 59.4 Å². The lowest BCUT2D eigenvalue weighted by atomic mass is 9.76. The maximum absolute atomic E-state index is 14.6. The van der Waals surface area contributed by atoms with Gasteiger partial charge in [0.15, 0.2) is 5.60 Å². The number of carbonyl (C=O) groups is 1. The summed E-state index contributed by atoms with van der Waals surface area (Å²) in [4.78, 5) is 15.4. The fourth-order valence-electron chi connectivity index (χ4n) is 4.42. The van der Waals surface area contributed by atoms with Crippen LogP contribution in [0.5, 0.6) is 0 Å². The first-order chi connectivity index (χ1) is 15.3. The van der Waals surface area contributed by atoms with Crippen LogP contribution in [0.2, 0.25) is 0 Å². The molecule has 2 atom stereocenters. The molecule has 2 aromatic rings. The number of alkyl halides is 3. The molecule has 7 heteroatoms. The Bertz CT molecular complexity index is 1090. The molecule has 2 unspecified atom stereocenters. The Kier molecular flexibility index (Phi) is 6.02. The van der Waals surface area contributed by atoms with Gasteiger partial charge in [-0.3, -0.25) is 4.98 Å². The zero-order valence-corrected chi connectivity index (χ0v) is 17.2. The number of hydrogen-bond acceptors (Lipinski definition) is 3. The van der Waals surface area contributed by atoms with Crippen LogP contribution in [-0.4, -0.2) is 27.8 Å². The lowest BCUT2D eigenvalue weighted by Crippen LogP contribution is -2.52. The van der Waals surface area contributed by atoms with Crippen LogP contribution in [0, 0.1) is 5.92 Å². The Balaban J connectivity index is 1.77. The van der Waals surface area contributed by atoms with Crippen molar-refractivity contribution < 1.29 is 27.8 Å². The Hall–Kier alpha value is -3.19. The lowest BCUT2D eigenvalue weighted by Gasteiger charge is -2.41. The van der Waals surface area contributed by atoms with Gasteiger partial charge in [-0.15, -0.1) is 0 Å². The van der Waals surface area contributed by atoms with E-state index in [9.17, 15) is 23.1 Å². The van der Waals surface area contributed by atoms with Crippen LogP contribution < -0.4 is 0 Å². The van der Waals surface area contributed by atoms with Crippen LogP contribution in [0.25, 0.3) is 5.57 Å². The molecule has 0 saturated carbocycles. The van der Waals surface area contributed by atoms with Crippen molar-refractivity contribution >= 4 is 11.5 Å². The summed E-state index contributed by atoms with van der Waals surface area (Å²) in [5, 5.41) is 9.29. The molecule has 4 nitrogen and oxygen atoms in total. The van der Waals surface area contributed by atoms with Crippen molar-refractivity contribution in [3.05, 3.63) is 95.4 Å². The monoisotopic (exact) mass is 441 g/mol. The van der Waals surface area contributed by atoms with Gasteiger partial charge in [0.2, 0.25) is 0 Å². The number of carboxylic acid groups (broad SMARTS) is 1. The van der Waals surface area contributed by atoms with Crippen LogP contribution in [0.4, 0.5) is 13.2 Å². The molecule has 1 aromatic heterocycles. The summed E-state index contributed by atoms with van der Waals surface area (Å²) < 4.78 is 49.4. The second-order valence-corrected chi connectivity index (χ2v) is 7.91. The van der Waals surface area contributed by atoms with Crippen LogP contribution in [0.1, 0.15) is 40.7 Å². The number of ether oxygens (including phenoxy) is 1. The first-order valence-electron chi connectivity index (χ1n) is 10.3. The summed E-state index contributed by atoms with van der Waals surface area (Å²) in [5.74, 6) is -2.18. The van der Waals surface area contributed by atoms with Gasteiger partial charge in [0.05, 0.1) is 12.2 Å². The van der Waals surface area contributed by atoms with E-state index in [1.807, 2.05) is 0 Å². The van der Waals surface area contributed by atoms with Gasteiger partial charge >= 0.3 is 12.1 Å². The van der Waals surface area contributed by atoms with Crippen molar-refractivity contribution in [3.8, 4) is 0 Å². The van der Waals surface area contributed by atoms with Gasteiger partial charge in [-0.2, -0.15) is 13.2 Å². The summed E-state index contributed by atoms with van der Waals surface area (Å²) in [6.45, 7) is -0.187. The maximum atomic E-state index is 14.6. The predicted octanol–water partition coefficient (Wildman–Crippen LogP) is 5.98. The van der Waals surface area contributed by atoms with Crippen LogP contribution >= 0.6 is 0 Å². The zero-order chi connectivity index (χ0) is 22.8. The summed E-state index contributed by atoms with van der Waals surface area (Å²) >= 11 is 0. The molecule has 4 rings (SSSR count). The average molecular weight is 441 g/mol. The largest absolute Gasteiger partial charge is 0.478 e. The molecular formula is C25H22F3NO3. The number of nitrogens with zero attached hydrogens (tertiary/aromatic N) is 1. The fourth-order valence-corrected chi connectivity index (χ4v) is 4.42. The van der Waals surface area contributed by atoms with E-state index in [4.69, 9.17) is 4.74 Å². The number of halogens is 3. The summed E-state index contributed by atoms with van der Waals surface area (Å²) in [5.41, 5.74) is 0.00207. The second-order valence-electron chi connectivity index (χ2n) is 7.91. The van der Waals surface area contributed by atoms with Crippen LogP contribution in [-0.2, 0) is 11.3 Å². The van der Waals surface area contributed by atoms with E-state index in [0.29, 0.717) is 41.5 Å². The number of hydrogen-bond donors (Lipinski definition) is 1. The van der Waals surface area contributed by atoms with Crippen molar-refractivity contribution in [1.82, 2.24) is 4.98 Å². The predicted molar refractivity (Wildman–Crippen MR) is 114 cm³/mol. The minimum absolute atomic E-state index is 0.00254. The number of rotatable bonds is 6. The van der Waals surface area contributed by atoms with Gasteiger partial charge in [0.25, 0.3) is 0 Å². The average Bonchev–Trinajstić information content (AvgIpc) is 3.27. The molecule has 1 heterocycles. The van der Waals surface area contributed by atoms with E-state index in [2.05, 4.69) is 4.98 Å². The highest BCUT2D eigenvalue weighted by molar-refractivity contribution is 5.88. The van der Waals surface area contributed by atoms with Crippen molar-refractivity contribution in [2.75, 3.05) is 0 Å². The van der Waals surface area contributed by atoms with E-state index in [1.165, 1.54) is 30.6 Å². The first-order valence-corrected chi connectivity index (χ1v) is 10.3. The SMILES string of the molecule is O=C(O)c1cncc(C2=C(C3C=CC=CC3(OCc3ccccc3)C(F)(F)F)CCC2)c1. The molecule has 1 N–H and O–H groups in total. The fraction of sp³-hybridized carbons (Fsp3) is 0.280. The van der Waals surface area contributed by atoms with Gasteiger partial charge in [0.1, 0.15) is 0 Å². The first kappa shape index (κ1) is 22.0. The molecule has 0 saturated heterocycles. The molecule has 1 aromatic carbocycles. The van der Waals surface area contributed by atoms with Gasteiger partial charge in [-0.05, 0) is 48.1 Å². The van der Waals surface area contributed by atoms with Gasteiger partial charge in [-0.1, -0.05) is 54.1 Å². The highest BCUT2D eigenvalue weighted by Crippen LogP contribution is 2.51. The second kappa shape index (κ2) is 8.74. The van der Waals surface area contributed by atoms with Gasteiger partial charge in [-0.25, -0.2) is 4.79 Å². The molecule has 32 heavy (non-hydrogen) atoms. The molecule has 0 spiro atoms. The smallest absolute Gasteiger partial charge is 0.422 e. The number of benzene rings is 1. The highest BCUT2D eigenvalue weighted by Gasteiger charge is 2.60. The number of allylic oxidation sites excluding steroid dienone is 3. The quantitative estimate of drug-likeness (QED) is 0.599. The Morgan fingerprint density at radius 1 is 1.16 bits per heavy atom.